The van der Waals surface area contributed by atoms with E-state index >= 15 is 0 Å². The lowest BCUT2D eigenvalue weighted by Crippen LogP contribution is -2.42. The number of hydrogen-bond acceptors (Lipinski definition) is 6. The molecule has 1 aliphatic heterocycles. The molecule has 1 atom stereocenters. The zero-order valence-corrected chi connectivity index (χ0v) is 11.0. The van der Waals surface area contributed by atoms with Gasteiger partial charge in [0.05, 0.1) is 11.8 Å². The van der Waals surface area contributed by atoms with Crippen LogP contribution in [0.2, 0.25) is 0 Å². The highest BCUT2D eigenvalue weighted by atomic mass is 32.1. The van der Waals surface area contributed by atoms with Crippen molar-refractivity contribution in [2.45, 2.75) is 18.9 Å². The molecule has 0 radical (unpaired) electrons. The summed E-state index contributed by atoms with van der Waals surface area (Å²) in [5, 5.41) is 22.4. The molecule has 0 bridgehead atoms. The molecule has 0 aromatic carbocycles. The van der Waals surface area contributed by atoms with Crippen molar-refractivity contribution in [3.8, 4) is 5.69 Å². The van der Waals surface area contributed by atoms with E-state index in [-0.39, 0.29) is 5.91 Å². The van der Waals surface area contributed by atoms with Gasteiger partial charge in [0.1, 0.15) is 11.2 Å². The summed E-state index contributed by atoms with van der Waals surface area (Å²) in [5.74, 6) is -0.0701. The topological polar surface area (TPSA) is 84.1 Å². The smallest absolute Gasteiger partial charge is 0.266 e. The maximum Gasteiger partial charge on any atom is 0.266 e. The Morgan fingerprint density at radius 2 is 2.42 bits per heavy atom. The number of nitrogens with zero attached hydrogens (tertiary/aromatic N) is 5. The first-order valence-electron chi connectivity index (χ1n) is 6.04. The van der Waals surface area contributed by atoms with Gasteiger partial charge < -0.3 is 10.0 Å². The van der Waals surface area contributed by atoms with Crippen molar-refractivity contribution in [1.29, 1.82) is 0 Å². The van der Waals surface area contributed by atoms with Gasteiger partial charge in [-0.2, -0.15) is 4.68 Å². The molecule has 7 nitrogen and oxygen atoms in total. The van der Waals surface area contributed by atoms with Crippen LogP contribution in [-0.4, -0.2) is 55.3 Å². The summed E-state index contributed by atoms with van der Waals surface area (Å²) in [6.07, 6.45) is 2.63. The molecule has 1 unspecified atom stereocenters. The molecule has 1 N–H and O–H groups in total. The Morgan fingerprint density at radius 1 is 1.53 bits per heavy atom. The van der Waals surface area contributed by atoms with Crippen molar-refractivity contribution in [3.63, 3.8) is 0 Å². The minimum absolute atomic E-state index is 0.0701. The number of piperidine rings is 1. The standard InChI is InChI=1S/C11H13N5O2S/c17-8-2-1-4-15(6-8)11(18)10-9(3-5-19-10)16-7-12-13-14-16/h3,5,7-8,17H,1-2,4,6H2. The van der Waals surface area contributed by atoms with Crippen molar-refractivity contribution in [2.24, 2.45) is 0 Å². The van der Waals surface area contributed by atoms with E-state index in [1.165, 1.54) is 22.3 Å². The van der Waals surface area contributed by atoms with Gasteiger partial charge in [0.25, 0.3) is 5.91 Å². The third-order valence-corrected chi connectivity index (χ3v) is 4.01. The van der Waals surface area contributed by atoms with Crippen LogP contribution in [0, 0.1) is 0 Å². The van der Waals surface area contributed by atoms with Crippen LogP contribution in [0.4, 0.5) is 0 Å². The molecule has 0 spiro atoms. The number of amides is 1. The molecule has 8 heteroatoms. The molecule has 1 fully saturated rings. The number of tetrazole rings is 1. The normalized spacial score (nSPS) is 19.6. The van der Waals surface area contributed by atoms with E-state index in [1.807, 2.05) is 11.4 Å². The zero-order chi connectivity index (χ0) is 13.2. The number of aliphatic hydroxyl groups is 1. The Bertz CT molecular complexity index is 567. The second kappa shape index (κ2) is 5.06. The number of β-amino-alcohol motifs (C(OH)–C–C–N with tert-alkyl or cyclic N) is 1. The molecule has 1 aliphatic rings. The highest BCUT2D eigenvalue weighted by Gasteiger charge is 2.26. The van der Waals surface area contributed by atoms with Gasteiger partial charge in [-0.1, -0.05) is 0 Å². The van der Waals surface area contributed by atoms with Crippen LogP contribution in [-0.2, 0) is 0 Å². The van der Waals surface area contributed by atoms with Crippen LogP contribution in [0.3, 0.4) is 0 Å². The molecule has 1 amide bonds. The maximum atomic E-state index is 12.5. The van der Waals surface area contributed by atoms with Crippen LogP contribution in [0.15, 0.2) is 17.8 Å². The predicted octanol–water partition coefficient (Wildman–Crippen LogP) is 0.321. The SMILES string of the molecule is O=C(c1sccc1-n1cnnn1)N1CCCC(O)C1. The summed E-state index contributed by atoms with van der Waals surface area (Å²) in [6.45, 7) is 1.08. The molecular weight excluding hydrogens is 266 g/mol. The molecular formula is C11H13N5O2S. The van der Waals surface area contributed by atoms with E-state index in [0.29, 0.717) is 23.7 Å². The average molecular weight is 279 g/mol. The van der Waals surface area contributed by atoms with Crippen molar-refractivity contribution in [2.75, 3.05) is 13.1 Å². The summed E-state index contributed by atoms with van der Waals surface area (Å²) in [7, 11) is 0. The van der Waals surface area contributed by atoms with Crippen molar-refractivity contribution in [1.82, 2.24) is 25.1 Å². The second-order valence-corrected chi connectivity index (χ2v) is 5.35. The number of aromatic nitrogens is 4. The molecule has 100 valence electrons. The monoisotopic (exact) mass is 279 g/mol. The van der Waals surface area contributed by atoms with Gasteiger partial charge in [0, 0.05) is 13.1 Å². The van der Waals surface area contributed by atoms with Crippen LogP contribution >= 0.6 is 11.3 Å². The highest BCUT2D eigenvalue weighted by Crippen LogP contribution is 2.23. The molecule has 0 saturated carbocycles. The highest BCUT2D eigenvalue weighted by molar-refractivity contribution is 7.12. The Labute approximate surface area is 113 Å². The second-order valence-electron chi connectivity index (χ2n) is 4.44. The summed E-state index contributed by atoms with van der Waals surface area (Å²) in [4.78, 5) is 14.8. The lowest BCUT2D eigenvalue weighted by atomic mass is 10.1. The van der Waals surface area contributed by atoms with Crippen LogP contribution in [0.25, 0.3) is 5.69 Å². The van der Waals surface area contributed by atoms with Gasteiger partial charge >= 0.3 is 0 Å². The minimum Gasteiger partial charge on any atom is -0.391 e. The summed E-state index contributed by atoms with van der Waals surface area (Å²) >= 11 is 1.36. The number of rotatable bonds is 2. The van der Waals surface area contributed by atoms with E-state index in [0.717, 1.165) is 12.8 Å². The van der Waals surface area contributed by atoms with Gasteiger partial charge in [-0.15, -0.1) is 16.4 Å². The fourth-order valence-electron chi connectivity index (χ4n) is 2.20. The Morgan fingerprint density at radius 3 is 3.16 bits per heavy atom. The molecule has 3 rings (SSSR count). The van der Waals surface area contributed by atoms with E-state index in [2.05, 4.69) is 15.5 Å². The number of thiophene rings is 1. The van der Waals surface area contributed by atoms with E-state index in [4.69, 9.17) is 0 Å². The fraction of sp³-hybridized carbons (Fsp3) is 0.455. The minimum atomic E-state index is -0.422. The fourth-order valence-corrected chi connectivity index (χ4v) is 3.04. The largest absolute Gasteiger partial charge is 0.391 e. The van der Waals surface area contributed by atoms with Crippen molar-refractivity contribution in [3.05, 3.63) is 22.7 Å². The molecule has 0 aliphatic carbocycles. The van der Waals surface area contributed by atoms with Gasteiger partial charge in [-0.3, -0.25) is 4.79 Å². The lowest BCUT2D eigenvalue weighted by molar-refractivity contribution is 0.0477. The first-order valence-corrected chi connectivity index (χ1v) is 6.92. The zero-order valence-electron chi connectivity index (χ0n) is 10.1. The molecule has 1 saturated heterocycles. The molecule has 2 aromatic heterocycles. The number of likely N-dealkylation sites (tertiary alicyclic amines) is 1. The van der Waals surface area contributed by atoms with E-state index in [9.17, 15) is 9.90 Å². The van der Waals surface area contributed by atoms with Gasteiger partial charge in [0.2, 0.25) is 0 Å². The van der Waals surface area contributed by atoms with E-state index < -0.39 is 6.10 Å². The maximum absolute atomic E-state index is 12.5. The van der Waals surface area contributed by atoms with Crippen LogP contribution < -0.4 is 0 Å². The quantitative estimate of drug-likeness (QED) is 0.856. The van der Waals surface area contributed by atoms with E-state index in [1.54, 1.807) is 4.90 Å². The summed E-state index contributed by atoms with van der Waals surface area (Å²) in [5.41, 5.74) is 0.681. The van der Waals surface area contributed by atoms with Gasteiger partial charge in [-0.05, 0) is 34.7 Å². The molecule has 3 heterocycles. The number of carbonyl (C=O) groups excluding carboxylic acids is 1. The van der Waals surface area contributed by atoms with Gasteiger partial charge in [0.15, 0.2) is 0 Å². The third kappa shape index (κ3) is 2.36. The number of carbonyl (C=O) groups is 1. The molecule has 19 heavy (non-hydrogen) atoms. The van der Waals surface area contributed by atoms with Crippen LogP contribution in [0.1, 0.15) is 22.5 Å². The Balaban J connectivity index is 1.86. The predicted molar refractivity (Wildman–Crippen MR) is 68.2 cm³/mol. The number of hydrogen-bond donors (Lipinski definition) is 1. The first kappa shape index (κ1) is 12.2. The first-order chi connectivity index (χ1) is 9.25. The Kier molecular flexibility index (Phi) is 3.26. The third-order valence-electron chi connectivity index (χ3n) is 3.12. The van der Waals surface area contributed by atoms with Crippen molar-refractivity contribution < 1.29 is 9.90 Å². The molecule has 2 aromatic rings. The summed E-state index contributed by atoms with van der Waals surface area (Å²) in [6, 6.07) is 1.81. The summed E-state index contributed by atoms with van der Waals surface area (Å²) < 4.78 is 1.48. The lowest BCUT2D eigenvalue weighted by Gasteiger charge is -2.29. The van der Waals surface area contributed by atoms with Gasteiger partial charge in [-0.25, -0.2) is 0 Å². The Hall–Kier alpha value is -1.80. The van der Waals surface area contributed by atoms with Crippen molar-refractivity contribution >= 4 is 17.2 Å². The average Bonchev–Trinajstić information content (AvgIpc) is 3.08. The van der Waals surface area contributed by atoms with Crippen LogP contribution in [0.5, 0.6) is 0 Å². The number of aliphatic hydroxyl groups excluding tert-OH is 1.